The van der Waals surface area contributed by atoms with Crippen molar-refractivity contribution in [3.05, 3.63) is 41.6 Å². The molecule has 1 aromatic heterocycles. The molecule has 1 saturated carbocycles. The maximum atomic E-state index is 13.4. The maximum absolute atomic E-state index is 13.4. The molecule has 1 amide bonds. The topological polar surface area (TPSA) is 76.6 Å². The number of carbonyl (C=O) groups is 1. The average Bonchev–Trinajstić information content (AvgIpc) is 2.62. The van der Waals surface area contributed by atoms with Gasteiger partial charge in [-0.2, -0.15) is 8.78 Å². The van der Waals surface area contributed by atoms with E-state index < -0.39 is 12.4 Å². The van der Waals surface area contributed by atoms with E-state index in [4.69, 9.17) is 16.3 Å². The smallest absolute Gasteiger partial charge is 0.387 e. The van der Waals surface area contributed by atoms with Crippen LogP contribution in [0.5, 0.6) is 11.5 Å². The highest BCUT2D eigenvalue weighted by atomic mass is 35.5. The number of carbonyl (C=O) groups excluding carboxylic acids is 1. The summed E-state index contributed by atoms with van der Waals surface area (Å²) < 4.78 is 48.3. The number of nitrogens with zero attached hydrogens (tertiary/aromatic N) is 3. The lowest BCUT2D eigenvalue weighted by molar-refractivity contribution is -0.131. The molecule has 30 heavy (non-hydrogen) atoms. The number of rotatable bonds is 7. The Bertz CT molecular complexity index is 924. The van der Waals surface area contributed by atoms with Crippen molar-refractivity contribution >= 4 is 23.3 Å². The summed E-state index contributed by atoms with van der Waals surface area (Å²) in [6.45, 7) is -1.81. The zero-order valence-corrected chi connectivity index (χ0v) is 16.4. The average molecular weight is 443 g/mol. The second-order valence-electron chi connectivity index (χ2n) is 7.17. The first-order valence-electron chi connectivity index (χ1n) is 9.32. The van der Waals surface area contributed by atoms with Crippen molar-refractivity contribution in [2.24, 2.45) is 5.92 Å². The maximum Gasteiger partial charge on any atom is 0.387 e. The van der Waals surface area contributed by atoms with Gasteiger partial charge in [-0.05, 0) is 42.6 Å². The lowest BCUT2D eigenvalue weighted by Crippen LogP contribution is -2.61. The van der Waals surface area contributed by atoms with Gasteiger partial charge in [0.1, 0.15) is 17.7 Å². The molecule has 0 radical (unpaired) electrons. The highest BCUT2D eigenvalue weighted by Crippen LogP contribution is 2.36. The van der Waals surface area contributed by atoms with Crippen LogP contribution in [0.25, 0.3) is 0 Å². The van der Waals surface area contributed by atoms with Gasteiger partial charge >= 0.3 is 6.61 Å². The number of amides is 1. The van der Waals surface area contributed by atoms with Gasteiger partial charge in [-0.3, -0.25) is 4.79 Å². The number of benzene rings is 1. The summed E-state index contributed by atoms with van der Waals surface area (Å²) in [6.07, 6.45) is 2.02. The Morgan fingerprint density at radius 1 is 1.23 bits per heavy atom. The fourth-order valence-electron chi connectivity index (χ4n) is 3.40. The largest absolute Gasteiger partial charge is 0.486 e. The monoisotopic (exact) mass is 442 g/mol. The Morgan fingerprint density at radius 2 is 2.00 bits per heavy atom. The third-order valence-corrected chi connectivity index (χ3v) is 5.23. The molecule has 2 aromatic rings. The van der Waals surface area contributed by atoms with E-state index in [0.29, 0.717) is 31.7 Å². The normalized spacial score (nSPS) is 21.0. The molecular weight excluding hydrogens is 425 g/mol. The van der Waals surface area contributed by atoms with Crippen LogP contribution in [0.2, 0.25) is 5.28 Å². The summed E-state index contributed by atoms with van der Waals surface area (Å²) in [4.78, 5) is 22.3. The minimum atomic E-state index is -3.04. The van der Waals surface area contributed by atoms with Crippen molar-refractivity contribution < 1.29 is 27.4 Å². The second kappa shape index (κ2) is 8.55. The van der Waals surface area contributed by atoms with Crippen molar-refractivity contribution in [2.75, 3.05) is 18.0 Å². The van der Waals surface area contributed by atoms with E-state index in [-0.39, 0.29) is 40.8 Å². The predicted octanol–water partition coefficient (Wildman–Crippen LogP) is 3.03. The van der Waals surface area contributed by atoms with E-state index in [1.807, 2.05) is 4.90 Å². The van der Waals surface area contributed by atoms with Crippen molar-refractivity contribution in [3.63, 3.8) is 0 Å². The standard InChI is InChI=1S/C19H18ClF3N4O3/c20-18-24-4-3-16(26-18)27-8-12(9-27)25-17(28)10-5-13(6-10)29-15-7-11(21)1-2-14(15)30-19(22)23/h1-4,7,10,12-13,19H,5-6,8-9H2,(H,25,28). The van der Waals surface area contributed by atoms with Crippen LogP contribution in [0.4, 0.5) is 19.0 Å². The minimum Gasteiger partial charge on any atom is -0.486 e. The van der Waals surface area contributed by atoms with E-state index in [1.54, 1.807) is 12.3 Å². The Hall–Kier alpha value is -2.75. The molecule has 2 heterocycles. The van der Waals surface area contributed by atoms with Gasteiger partial charge in [-0.25, -0.2) is 14.4 Å². The van der Waals surface area contributed by atoms with Crippen LogP contribution in [-0.4, -0.2) is 47.7 Å². The number of aromatic nitrogens is 2. The molecule has 0 atom stereocenters. The first-order chi connectivity index (χ1) is 14.4. The van der Waals surface area contributed by atoms with Gasteiger partial charge in [-0.1, -0.05) is 0 Å². The highest BCUT2D eigenvalue weighted by molar-refractivity contribution is 6.28. The molecule has 0 bridgehead atoms. The molecule has 4 rings (SSSR count). The molecule has 7 nitrogen and oxygen atoms in total. The lowest BCUT2D eigenvalue weighted by atomic mass is 9.81. The van der Waals surface area contributed by atoms with Crippen LogP contribution < -0.4 is 19.7 Å². The summed E-state index contributed by atoms with van der Waals surface area (Å²) in [5.41, 5.74) is 0. The predicted molar refractivity (Wildman–Crippen MR) is 101 cm³/mol. The van der Waals surface area contributed by atoms with E-state index in [1.165, 1.54) is 0 Å². The van der Waals surface area contributed by atoms with Gasteiger partial charge in [0.05, 0.1) is 6.04 Å². The van der Waals surface area contributed by atoms with Gasteiger partial charge in [-0.15, -0.1) is 0 Å². The van der Waals surface area contributed by atoms with E-state index in [9.17, 15) is 18.0 Å². The molecule has 0 unspecified atom stereocenters. The summed E-state index contributed by atoms with van der Waals surface area (Å²) in [5, 5.41) is 3.13. The summed E-state index contributed by atoms with van der Waals surface area (Å²) in [7, 11) is 0. The van der Waals surface area contributed by atoms with Gasteiger partial charge in [0.25, 0.3) is 0 Å². The van der Waals surface area contributed by atoms with Crippen molar-refractivity contribution in [1.82, 2.24) is 15.3 Å². The first-order valence-corrected chi connectivity index (χ1v) is 9.70. The molecule has 160 valence electrons. The Labute approximate surface area is 175 Å². The molecule has 2 fully saturated rings. The van der Waals surface area contributed by atoms with Crippen LogP contribution in [-0.2, 0) is 4.79 Å². The van der Waals surface area contributed by atoms with Crippen molar-refractivity contribution in [3.8, 4) is 11.5 Å². The third kappa shape index (κ3) is 4.69. The molecule has 1 aliphatic heterocycles. The van der Waals surface area contributed by atoms with Gasteiger partial charge in [0.15, 0.2) is 11.5 Å². The highest BCUT2D eigenvalue weighted by Gasteiger charge is 2.39. The minimum absolute atomic E-state index is 0.000438. The Morgan fingerprint density at radius 3 is 2.70 bits per heavy atom. The molecule has 1 aliphatic carbocycles. The van der Waals surface area contributed by atoms with E-state index in [0.717, 1.165) is 18.2 Å². The fraction of sp³-hybridized carbons (Fsp3) is 0.421. The molecule has 11 heteroatoms. The van der Waals surface area contributed by atoms with Crippen LogP contribution in [0.3, 0.4) is 0 Å². The second-order valence-corrected chi connectivity index (χ2v) is 7.51. The van der Waals surface area contributed by atoms with Gasteiger partial charge in [0, 0.05) is 31.3 Å². The molecular formula is C19H18ClF3N4O3. The number of anilines is 1. The fourth-order valence-corrected chi connectivity index (χ4v) is 3.54. The molecule has 1 saturated heterocycles. The third-order valence-electron chi connectivity index (χ3n) is 5.04. The zero-order chi connectivity index (χ0) is 21.3. The van der Waals surface area contributed by atoms with Crippen LogP contribution in [0.15, 0.2) is 30.5 Å². The van der Waals surface area contributed by atoms with Crippen molar-refractivity contribution in [2.45, 2.75) is 31.6 Å². The summed E-state index contributed by atoms with van der Waals surface area (Å²) in [5.74, 6) is -0.598. The van der Waals surface area contributed by atoms with Crippen molar-refractivity contribution in [1.29, 1.82) is 0 Å². The SMILES string of the molecule is O=C(NC1CN(c2ccnc(Cl)n2)C1)C1CC(Oc2cc(F)ccc2OC(F)F)C1. The number of nitrogens with one attached hydrogen (secondary N) is 1. The van der Waals surface area contributed by atoms with Crippen LogP contribution in [0, 0.1) is 11.7 Å². The molecule has 1 aromatic carbocycles. The first kappa shape index (κ1) is 20.5. The molecule has 2 aliphatic rings. The van der Waals surface area contributed by atoms with Gasteiger partial charge < -0.3 is 19.7 Å². The number of halogens is 4. The number of alkyl halides is 2. The number of hydrogen-bond acceptors (Lipinski definition) is 6. The summed E-state index contributed by atoms with van der Waals surface area (Å²) in [6, 6.07) is 4.84. The van der Waals surface area contributed by atoms with E-state index in [2.05, 4.69) is 20.0 Å². The molecule has 0 spiro atoms. The number of ether oxygens (including phenoxy) is 2. The zero-order valence-electron chi connectivity index (χ0n) is 15.6. The number of hydrogen-bond donors (Lipinski definition) is 1. The Kier molecular flexibility index (Phi) is 5.85. The lowest BCUT2D eigenvalue weighted by Gasteiger charge is -2.42. The Balaban J connectivity index is 1.23. The summed E-state index contributed by atoms with van der Waals surface area (Å²) >= 11 is 5.78. The van der Waals surface area contributed by atoms with Crippen LogP contribution >= 0.6 is 11.6 Å². The van der Waals surface area contributed by atoms with E-state index >= 15 is 0 Å². The van der Waals surface area contributed by atoms with Crippen LogP contribution in [0.1, 0.15) is 12.8 Å². The van der Waals surface area contributed by atoms with Gasteiger partial charge in [0.2, 0.25) is 11.2 Å². The molecule has 1 N–H and O–H groups in total. The quantitative estimate of drug-likeness (QED) is 0.664.